The third-order valence-corrected chi connectivity index (χ3v) is 13.4. The van der Waals surface area contributed by atoms with Gasteiger partial charge in [0, 0.05) is 52.6 Å². The number of aldehydes is 1. The van der Waals surface area contributed by atoms with Gasteiger partial charge in [0.2, 0.25) is 0 Å². The Morgan fingerprint density at radius 2 is 1.18 bits per heavy atom. The van der Waals surface area contributed by atoms with E-state index in [1.807, 2.05) is 31.1 Å². The fourth-order valence-corrected chi connectivity index (χ4v) is 11.0. The van der Waals surface area contributed by atoms with Gasteiger partial charge in [-0.05, 0) is 52.6 Å². The van der Waals surface area contributed by atoms with Gasteiger partial charge in [-0.3, -0.25) is 9.59 Å². The second-order valence-corrected chi connectivity index (χ2v) is 16.3. The van der Waals surface area contributed by atoms with Crippen LogP contribution in [0.4, 0.5) is 10.0 Å². The average Bonchev–Trinajstić information content (AvgIpc) is 3.81. The molecule has 0 bridgehead atoms. The predicted molar refractivity (Wildman–Crippen MR) is 188 cm³/mol. The minimum Gasteiger partial charge on any atom is -0.486 e. The number of carboxylic acids is 1. The Morgan fingerprint density at radius 1 is 0.778 bits per heavy atom. The number of likely N-dealkylation sites (N-methyl/N-ethyl adjacent to an activating group) is 2. The highest BCUT2D eigenvalue weighted by Gasteiger charge is 2.40. The molecule has 236 valence electrons. The summed E-state index contributed by atoms with van der Waals surface area (Å²) in [5.74, 6) is -1.20. The summed E-state index contributed by atoms with van der Waals surface area (Å²) in [6.45, 7) is 17.2. The molecule has 4 heterocycles. The highest BCUT2D eigenvalue weighted by molar-refractivity contribution is 7.25. The van der Waals surface area contributed by atoms with E-state index in [1.165, 1.54) is 59.3 Å². The van der Waals surface area contributed by atoms with E-state index in [0.29, 0.717) is 13.1 Å². The topological polar surface area (TPSA) is 106 Å². The summed E-state index contributed by atoms with van der Waals surface area (Å²) < 4.78 is 0. The minimum atomic E-state index is -1.20. The fourth-order valence-electron chi connectivity index (χ4n) is 5.70. The normalized spacial score (nSPS) is 14.9. The lowest BCUT2D eigenvalue weighted by molar-refractivity contribution is -0.132. The maximum absolute atomic E-state index is 11.1. The summed E-state index contributed by atoms with van der Waals surface area (Å²) in [7, 11) is 3.96. The van der Waals surface area contributed by atoms with Crippen molar-refractivity contribution in [3.8, 4) is 19.5 Å². The number of anilines is 2. The molecule has 12 heteroatoms. The molecule has 0 amide bonds. The van der Waals surface area contributed by atoms with Gasteiger partial charge < -0.3 is 25.1 Å². The molecule has 0 saturated heterocycles. The van der Waals surface area contributed by atoms with Gasteiger partial charge in [0.1, 0.15) is 0 Å². The van der Waals surface area contributed by atoms with E-state index < -0.39 is 5.97 Å². The number of hydrogen-bond donors (Lipinski definition) is 3. The van der Waals surface area contributed by atoms with Crippen LogP contribution in [0, 0.1) is 6.57 Å². The van der Waals surface area contributed by atoms with Crippen LogP contribution in [0.15, 0.2) is 30.0 Å². The first kappa shape index (κ1) is 33.1. The molecule has 0 saturated carbocycles. The summed E-state index contributed by atoms with van der Waals surface area (Å²) in [6, 6.07) is 8.43. The minimum absolute atomic E-state index is 0.0444. The molecule has 0 aliphatic heterocycles. The molecule has 2 aliphatic rings. The molecule has 0 radical (unpaired) electrons. The summed E-state index contributed by atoms with van der Waals surface area (Å²) in [5.41, 5.74) is 4.56. The Bertz CT molecular complexity index is 1850. The quantitative estimate of drug-likeness (QED) is 0.0972. The highest BCUT2D eigenvalue weighted by Crippen LogP contribution is 2.58. The molecule has 45 heavy (non-hydrogen) atoms. The van der Waals surface area contributed by atoms with Crippen LogP contribution in [-0.2, 0) is 15.6 Å². The van der Waals surface area contributed by atoms with E-state index in [4.69, 9.17) is 21.9 Å². The van der Waals surface area contributed by atoms with Gasteiger partial charge in [-0.15, -0.1) is 45.3 Å². The van der Waals surface area contributed by atoms with E-state index in [0.717, 1.165) is 25.9 Å². The number of carboxylic acid groups (broad SMARTS) is 1. The van der Waals surface area contributed by atoms with E-state index >= 15 is 0 Å². The van der Waals surface area contributed by atoms with Crippen molar-refractivity contribution >= 4 is 73.7 Å². The number of carbonyl (C=O) groups excluding carboxylic acids is 1. The standard InChI is InChI=1S/C18H18N2O3S2.C15H17NO2S2/c1-18(2)11-7-10(8-13(19-3)17(22)23)24-15(11)16-12(18)9-14(25-16)20(4)5-6-21;1-15(2)10-6-9(8-18)19-13(10)14-11(15)7-12(20-14)16(3)4-5-17/h7-9,21H,5-6H2,1-2,4H3,(H,22,23);6-8,17H,4-5H2,1-3H3/b13-8-;. The zero-order valence-corrected chi connectivity index (χ0v) is 29.2. The molecule has 0 aromatic carbocycles. The third kappa shape index (κ3) is 5.78. The third-order valence-electron chi connectivity index (χ3n) is 8.40. The smallest absolute Gasteiger partial charge is 0.333 e. The average molecular weight is 682 g/mol. The van der Waals surface area contributed by atoms with E-state index in [2.05, 4.69) is 49.6 Å². The van der Waals surface area contributed by atoms with E-state index in [9.17, 15) is 9.59 Å². The Kier molecular flexibility index (Phi) is 9.16. The van der Waals surface area contributed by atoms with Crippen molar-refractivity contribution in [2.24, 2.45) is 0 Å². The van der Waals surface area contributed by atoms with Crippen molar-refractivity contribution in [3.05, 3.63) is 73.4 Å². The molecule has 6 rings (SSSR count). The fraction of sp³-hybridized carbons (Fsp3) is 0.364. The summed E-state index contributed by atoms with van der Waals surface area (Å²) in [4.78, 5) is 35.7. The second-order valence-electron chi connectivity index (χ2n) is 12.0. The van der Waals surface area contributed by atoms with Crippen molar-refractivity contribution in [2.75, 3.05) is 50.2 Å². The summed E-state index contributed by atoms with van der Waals surface area (Å²) >= 11 is 6.54. The van der Waals surface area contributed by atoms with Gasteiger partial charge in [0.05, 0.1) is 44.4 Å². The van der Waals surface area contributed by atoms with Crippen LogP contribution >= 0.6 is 45.3 Å². The van der Waals surface area contributed by atoms with Crippen LogP contribution in [0.25, 0.3) is 30.4 Å². The van der Waals surface area contributed by atoms with Crippen LogP contribution in [-0.4, -0.2) is 68.0 Å². The number of aliphatic carboxylic acids is 1. The maximum Gasteiger partial charge on any atom is 0.333 e. The van der Waals surface area contributed by atoms with Crippen LogP contribution in [0.3, 0.4) is 0 Å². The molecule has 0 fully saturated rings. The lowest BCUT2D eigenvalue weighted by Crippen LogP contribution is -2.20. The number of aliphatic hydroxyl groups is 2. The Morgan fingerprint density at radius 3 is 1.58 bits per heavy atom. The highest BCUT2D eigenvalue weighted by atomic mass is 32.1. The number of rotatable bonds is 9. The predicted octanol–water partition coefficient (Wildman–Crippen LogP) is 7.25. The molecule has 4 aromatic heterocycles. The molecule has 4 aromatic rings. The molecular weight excluding hydrogens is 647 g/mol. The number of nitrogens with zero attached hydrogens (tertiary/aromatic N) is 3. The zero-order valence-electron chi connectivity index (χ0n) is 25.9. The number of carbonyl (C=O) groups is 2. The maximum atomic E-state index is 11.1. The number of fused-ring (bicyclic) bond motifs is 6. The largest absolute Gasteiger partial charge is 0.486 e. The lowest BCUT2D eigenvalue weighted by atomic mass is 9.84. The second kappa shape index (κ2) is 12.5. The Hall–Kier alpha value is -3.31. The van der Waals surface area contributed by atoms with Crippen LogP contribution in [0.5, 0.6) is 0 Å². The first-order valence-corrected chi connectivity index (χ1v) is 17.5. The Labute approximate surface area is 279 Å². The van der Waals surface area contributed by atoms with Crippen molar-refractivity contribution < 1.29 is 24.9 Å². The number of hydrogen-bond acceptors (Lipinski definition) is 10. The molecule has 0 atom stereocenters. The van der Waals surface area contributed by atoms with Crippen molar-refractivity contribution in [1.82, 2.24) is 0 Å². The van der Waals surface area contributed by atoms with Crippen LogP contribution in [0.1, 0.15) is 64.5 Å². The van der Waals surface area contributed by atoms with Gasteiger partial charge in [0.15, 0.2) is 6.29 Å². The Balaban J connectivity index is 0.000000182. The number of thiophene rings is 4. The molecule has 3 N–H and O–H groups in total. The van der Waals surface area contributed by atoms with Crippen LogP contribution < -0.4 is 9.80 Å². The van der Waals surface area contributed by atoms with Crippen molar-refractivity contribution in [2.45, 2.75) is 38.5 Å². The zero-order chi connectivity index (χ0) is 32.8. The SMILES string of the molecule is CN(CCO)c1cc2c(s1)-c1sc(C=O)cc1C2(C)C.[C-]#[N+]/C(=C\c1cc2c(s1)-c1sc(N(C)CCO)cc1C2(C)C)C(=O)O. The van der Waals surface area contributed by atoms with E-state index in [1.54, 1.807) is 34.0 Å². The molecular formula is C33H35N3O5S4. The lowest BCUT2D eigenvalue weighted by Gasteiger charge is -2.20. The molecule has 2 aliphatic carbocycles. The monoisotopic (exact) mass is 681 g/mol. The molecule has 0 unspecified atom stereocenters. The van der Waals surface area contributed by atoms with Gasteiger partial charge >= 0.3 is 5.97 Å². The first-order valence-electron chi connectivity index (χ1n) is 14.3. The van der Waals surface area contributed by atoms with Crippen molar-refractivity contribution in [1.29, 1.82) is 0 Å². The van der Waals surface area contributed by atoms with E-state index in [-0.39, 0.29) is 29.7 Å². The van der Waals surface area contributed by atoms with Crippen molar-refractivity contribution in [3.63, 3.8) is 0 Å². The van der Waals surface area contributed by atoms with Gasteiger partial charge in [-0.2, -0.15) is 0 Å². The summed E-state index contributed by atoms with van der Waals surface area (Å²) in [5, 5.41) is 29.5. The van der Waals surface area contributed by atoms with Gasteiger partial charge in [-0.25, -0.2) is 4.85 Å². The van der Waals surface area contributed by atoms with Gasteiger partial charge in [-0.1, -0.05) is 27.7 Å². The first-order chi connectivity index (χ1) is 21.3. The molecule has 8 nitrogen and oxygen atoms in total. The van der Waals surface area contributed by atoms with Crippen LogP contribution in [0.2, 0.25) is 0 Å². The number of aliphatic hydroxyl groups excluding tert-OH is 2. The molecule has 0 spiro atoms. The summed E-state index contributed by atoms with van der Waals surface area (Å²) in [6.07, 6.45) is 2.38. The van der Waals surface area contributed by atoms with Gasteiger partial charge in [0.25, 0.3) is 5.70 Å².